The summed E-state index contributed by atoms with van der Waals surface area (Å²) in [6, 6.07) is 4.41. The van der Waals surface area contributed by atoms with Gasteiger partial charge in [0.05, 0.1) is 42.7 Å². The summed E-state index contributed by atoms with van der Waals surface area (Å²) >= 11 is 1.84. The van der Waals surface area contributed by atoms with Crippen molar-refractivity contribution < 1.29 is 43.7 Å². The molecule has 2 rings (SSSR count). The predicted molar refractivity (Wildman–Crippen MR) is 233 cm³/mol. The average Bonchev–Trinajstić information content (AvgIpc) is 3.67. The molecular weight excluding hydrogens is 775 g/mol. The van der Waals surface area contributed by atoms with Crippen LogP contribution in [0.4, 0.5) is 0 Å². The number of nitrogens with zero attached hydrogens (tertiary/aromatic N) is 3. The summed E-state index contributed by atoms with van der Waals surface area (Å²) in [5.41, 5.74) is 0.346. The fourth-order valence-electron chi connectivity index (χ4n) is 8.26. The summed E-state index contributed by atoms with van der Waals surface area (Å²) in [7, 11) is 6.65. The molecule has 14 nitrogen and oxygen atoms in total. The van der Waals surface area contributed by atoms with Crippen LogP contribution in [0.5, 0.6) is 0 Å². The third kappa shape index (κ3) is 14.4. The van der Waals surface area contributed by atoms with E-state index in [-0.39, 0.29) is 41.9 Å². The first kappa shape index (κ1) is 51.9. The van der Waals surface area contributed by atoms with Gasteiger partial charge < -0.3 is 40.1 Å². The van der Waals surface area contributed by atoms with Gasteiger partial charge in [0.25, 0.3) is 0 Å². The van der Waals surface area contributed by atoms with E-state index in [1.165, 1.54) is 14.2 Å². The summed E-state index contributed by atoms with van der Waals surface area (Å²) in [5.74, 6) is -2.97. The highest BCUT2D eigenvalue weighted by Gasteiger charge is 2.44. The number of hydrogen-bond acceptors (Lipinski definition) is 10. The molecular formula is C44H75N5O9S. The fourth-order valence-corrected chi connectivity index (χ4v) is 9.13. The number of thioether (sulfide) groups is 1. The van der Waals surface area contributed by atoms with Gasteiger partial charge in [0.15, 0.2) is 6.04 Å². The SMILES string of the molecule is CC[C@H](C)[C@@H]([C@@H](CC(=O)N1CCC[C@H]1[C@H](OC)[C@@H](C)C(=O)N[C@H](C(=O)O)[C@@H](O)c1ccccc1)OC)N(C)C(=O)[C@@H](NC(=O)[C@H](C(C)C)N(C)CCSC(C)C)C(C)C. The van der Waals surface area contributed by atoms with Gasteiger partial charge in [-0.25, -0.2) is 4.79 Å². The number of carbonyl (C=O) groups is 5. The van der Waals surface area contributed by atoms with Gasteiger partial charge in [0.2, 0.25) is 23.6 Å². The van der Waals surface area contributed by atoms with Gasteiger partial charge in [-0.3, -0.25) is 24.1 Å². The van der Waals surface area contributed by atoms with Crippen LogP contribution >= 0.6 is 11.8 Å². The molecule has 1 heterocycles. The number of amides is 4. The Labute approximate surface area is 357 Å². The van der Waals surface area contributed by atoms with Gasteiger partial charge >= 0.3 is 5.97 Å². The number of likely N-dealkylation sites (N-methyl/N-ethyl adjacent to an activating group) is 2. The molecule has 1 aliphatic rings. The maximum Gasteiger partial charge on any atom is 0.329 e. The number of hydrogen-bond donors (Lipinski definition) is 4. The van der Waals surface area contributed by atoms with E-state index < -0.39 is 66.3 Å². The van der Waals surface area contributed by atoms with Crippen LogP contribution in [0.15, 0.2) is 30.3 Å². The summed E-state index contributed by atoms with van der Waals surface area (Å²) in [6.07, 6.45) is -1.09. The second kappa shape index (κ2) is 24.9. The molecule has 1 aliphatic heterocycles. The lowest BCUT2D eigenvalue weighted by Crippen LogP contribution is -2.60. The van der Waals surface area contributed by atoms with Gasteiger partial charge in [-0.05, 0) is 48.5 Å². The quantitative estimate of drug-likeness (QED) is 0.109. The number of aliphatic hydroxyl groups is 1. The minimum absolute atomic E-state index is 0.0140. The number of ether oxygens (including phenoxy) is 2. The smallest absolute Gasteiger partial charge is 0.329 e. The molecule has 336 valence electrons. The van der Waals surface area contributed by atoms with Crippen LogP contribution in [-0.2, 0) is 33.4 Å². The van der Waals surface area contributed by atoms with Crippen molar-refractivity contribution in [1.82, 2.24) is 25.3 Å². The molecule has 1 aromatic rings. The highest BCUT2D eigenvalue weighted by atomic mass is 32.2. The number of rotatable bonds is 25. The zero-order chi connectivity index (χ0) is 44.7. The van der Waals surface area contributed by atoms with Crippen molar-refractivity contribution in [3.8, 4) is 0 Å². The maximum atomic E-state index is 14.5. The molecule has 1 aromatic carbocycles. The third-order valence-corrected chi connectivity index (χ3v) is 12.9. The van der Waals surface area contributed by atoms with E-state index in [9.17, 15) is 34.2 Å². The first-order valence-electron chi connectivity index (χ1n) is 21.2. The zero-order valence-electron chi connectivity index (χ0n) is 37.8. The Hall–Kier alpha value is -3.24. The van der Waals surface area contributed by atoms with Crippen molar-refractivity contribution in [2.24, 2.45) is 23.7 Å². The van der Waals surface area contributed by atoms with E-state index in [1.807, 2.05) is 60.4 Å². The minimum Gasteiger partial charge on any atom is -0.480 e. The van der Waals surface area contributed by atoms with Crippen molar-refractivity contribution >= 4 is 41.4 Å². The molecule has 1 saturated heterocycles. The van der Waals surface area contributed by atoms with Gasteiger partial charge in [-0.2, -0.15) is 11.8 Å². The Balaban J connectivity index is 2.29. The van der Waals surface area contributed by atoms with Crippen molar-refractivity contribution in [1.29, 1.82) is 0 Å². The van der Waals surface area contributed by atoms with Gasteiger partial charge in [0.1, 0.15) is 12.1 Å². The van der Waals surface area contributed by atoms with Crippen LogP contribution in [0.2, 0.25) is 0 Å². The van der Waals surface area contributed by atoms with Crippen LogP contribution in [0.3, 0.4) is 0 Å². The predicted octanol–water partition coefficient (Wildman–Crippen LogP) is 4.45. The molecule has 0 bridgehead atoms. The molecule has 4 N–H and O–H groups in total. The number of benzene rings is 1. The Morgan fingerprint density at radius 2 is 1.51 bits per heavy atom. The summed E-state index contributed by atoms with van der Waals surface area (Å²) in [4.78, 5) is 73.8. The van der Waals surface area contributed by atoms with Crippen LogP contribution < -0.4 is 10.6 Å². The molecule has 1 fully saturated rings. The molecule has 0 saturated carbocycles. The third-order valence-electron chi connectivity index (χ3n) is 11.8. The number of aliphatic hydroxyl groups excluding tert-OH is 1. The Kier molecular flexibility index (Phi) is 21.9. The van der Waals surface area contributed by atoms with Crippen molar-refractivity contribution in [2.45, 2.75) is 142 Å². The number of carboxylic acids is 1. The Morgan fingerprint density at radius 1 is 0.898 bits per heavy atom. The van der Waals surface area contributed by atoms with E-state index in [1.54, 1.807) is 54.1 Å². The van der Waals surface area contributed by atoms with E-state index in [2.05, 4.69) is 29.4 Å². The highest BCUT2D eigenvalue weighted by molar-refractivity contribution is 7.99. The molecule has 4 amide bonds. The number of likely N-dealkylation sites (tertiary alicyclic amines) is 1. The van der Waals surface area contributed by atoms with Crippen molar-refractivity contribution in [3.05, 3.63) is 35.9 Å². The van der Waals surface area contributed by atoms with Crippen LogP contribution in [0.1, 0.15) is 99.7 Å². The molecule has 15 heteroatoms. The topological polar surface area (TPSA) is 178 Å². The number of methoxy groups -OCH3 is 2. The highest BCUT2D eigenvalue weighted by Crippen LogP contribution is 2.30. The number of carbonyl (C=O) groups excluding carboxylic acids is 4. The fraction of sp³-hybridized carbons (Fsp3) is 0.750. The molecule has 0 aromatic heterocycles. The van der Waals surface area contributed by atoms with Crippen LogP contribution in [0, 0.1) is 23.7 Å². The lowest BCUT2D eigenvalue weighted by atomic mass is 9.89. The lowest BCUT2D eigenvalue weighted by molar-refractivity contribution is -0.149. The standard InChI is InChI=1S/C44H75N5O9S/c1-14-29(8)38(48(11)43(54)35(26(2)3)45-42(53)37(27(4)5)47(10)23-24-59-28(6)7)33(57-12)25-34(50)49-22-18-21-32(49)40(58-13)30(9)41(52)46-36(44(55)56)39(51)31-19-16-15-17-20-31/h15-17,19-20,26-30,32-33,35-40,51H,14,18,21-25H2,1-13H3,(H,45,53)(H,46,52)(H,55,56)/t29-,30+,32-,33+,35-,36-,37-,38-,39-,40+/m0/s1. The summed E-state index contributed by atoms with van der Waals surface area (Å²) in [6.45, 7) is 19.0. The number of nitrogens with one attached hydrogen (secondary N) is 2. The van der Waals surface area contributed by atoms with E-state index in [4.69, 9.17) is 9.47 Å². The second-order valence-electron chi connectivity index (χ2n) is 17.1. The first-order chi connectivity index (χ1) is 27.7. The van der Waals surface area contributed by atoms with Crippen LogP contribution in [-0.4, -0.2) is 149 Å². The largest absolute Gasteiger partial charge is 0.480 e. The number of carboxylic acid groups (broad SMARTS) is 1. The summed E-state index contributed by atoms with van der Waals surface area (Å²) < 4.78 is 11.9. The second-order valence-corrected chi connectivity index (χ2v) is 18.8. The number of aliphatic carboxylic acids is 1. The van der Waals surface area contributed by atoms with Crippen molar-refractivity contribution in [3.63, 3.8) is 0 Å². The Bertz CT molecular complexity index is 1480. The molecule has 59 heavy (non-hydrogen) atoms. The summed E-state index contributed by atoms with van der Waals surface area (Å²) in [5, 5.41) is 26.8. The van der Waals surface area contributed by atoms with E-state index in [0.29, 0.717) is 36.6 Å². The molecule has 10 atom stereocenters. The maximum absolute atomic E-state index is 14.5. The lowest BCUT2D eigenvalue weighted by Gasteiger charge is -2.41. The van der Waals surface area contributed by atoms with Crippen molar-refractivity contribution in [2.75, 3.05) is 47.2 Å². The molecule has 0 unspecified atom stereocenters. The van der Waals surface area contributed by atoms with Gasteiger partial charge in [-0.1, -0.05) is 99.1 Å². The van der Waals surface area contributed by atoms with Crippen LogP contribution in [0.25, 0.3) is 0 Å². The monoisotopic (exact) mass is 850 g/mol. The van der Waals surface area contributed by atoms with E-state index >= 15 is 0 Å². The average molecular weight is 850 g/mol. The molecule has 0 radical (unpaired) electrons. The molecule has 0 aliphatic carbocycles. The molecule has 0 spiro atoms. The zero-order valence-corrected chi connectivity index (χ0v) is 38.7. The first-order valence-corrected chi connectivity index (χ1v) is 22.3. The minimum atomic E-state index is -1.61. The van der Waals surface area contributed by atoms with Gasteiger partial charge in [-0.15, -0.1) is 0 Å². The normalized spacial score (nSPS) is 19.2. The van der Waals surface area contributed by atoms with E-state index in [0.717, 1.165) is 12.3 Å². The van der Waals surface area contributed by atoms with Gasteiger partial charge in [0, 0.05) is 40.1 Å². The Morgan fingerprint density at radius 3 is 2.02 bits per heavy atom.